The van der Waals surface area contributed by atoms with Gasteiger partial charge in [0, 0.05) is 31.5 Å². The van der Waals surface area contributed by atoms with E-state index >= 15 is 0 Å². The molecule has 1 aliphatic rings. The summed E-state index contributed by atoms with van der Waals surface area (Å²) in [6.45, 7) is 0. The summed E-state index contributed by atoms with van der Waals surface area (Å²) in [5, 5.41) is 0. The van der Waals surface area contributed by atoms with E-state index in [1.54, 1.807) is 24.1 Å². The van der Waals surface area contributed by atoms with Crippen molar-refractivity contribution in [1.82, 2.24) is 4.57 Å². The predicted octanol–water partition coefficient (Wildman–Crippen LogP) is 3.67. The van der Waals surface area contributed by atoms with Gasteiger partial charge in [-0.1, -0.05) is 41.7 Å². The Morgan fingerprint density at radius 1 is 0.967 bits per heavy atom. The number of amides is 1. The van der Waals surface area contributed by atoms with Gasteiger partial charge in [0.1, 0.15) is 5.82 Å². The Hall–Kier alpha value is -3.26. The van der Waals surface area contributed by atoms with Gasteiger partial charge in [0.05, 0.1) is 31.9 Å². The monoisotopic (exact) mass is 426 g/mol. The van der Waals surface area contributed by atoms with E-state index in [-0.39, 0.29) is 23.1 Å². The van der Waals surface area contributed by atoms with Crippen LogP contribution in [0.3, 0.4) is 0 Å². The Morgan fingerprint density at radius 3 is 2.17 bits per heavy atom. The fourth-order valence-corrected chi connectivity index (χ4v) is 4.93. The normalized spacial score (nSPS) is 15.7. The highest BCUT2D eigenvalue weighted by Crippen LogP contribution is 2.48. The third kappa shape index (κ3) is 3.13. The molecule has 8 heteroatoms. The average molecular weight is 426 g/mol. The van der Waals surface area contributed by atoms with Crippen molar-refractivity contribution in [2.24, 2.45) is 7.05 Å². The Labute approximate surface area is 178 Å². The zero-order chi connectivity index (χ0) is 21.4. The number of hydrogen-bond acceptors (Lipinski definition) is 6. The van der Waals surface area contributed by atoms with E-state index in [2.05, 4.69) is 0 Å². The molecule has 4 rings (SSSR count). The molecule has 0 aliphatic carbocycles. The lowest BCUT2D eigenvalue weighted by Gasteiger charge is -2.32. The Kier molecular flexibility index (Phi) is 5.26. The molecule has 2 aromatic carbocycles. The molecule has 3 aromatic rings. The van der Waals surface area contributed by atoms with E-state index < -0.39 is 0 Å². The van der Waals surface area contributed by atoms with Crippen molar-refractivity contribution in [3.05, 3.63) is 62.6 Å². The quantitative estimate of drug-likeness (QED) is 0.623. The van der Waals surface area contributed by atoms with Crippen molar-refractivity contribution in [2.45, 2.75) is 12.3 Å². The third-order valence-electron chi connectivity index (χ3n) is 5.28. The number of aromatic nitrogens is 1. The highest BCUT2D eigenvalue weighted by atomic mass is 32.1. The van der Waals surface area contributed by atoms with Crippen molar-refractivity contribution < 1.29 is 19.0 Å². The minimum absolute atomic E-state index is 0.112. The summed E-state index contributed by atoms with van der Waals surface area (Å²) >= 11 is 1.17. The van der Waals surface area contributed by atoms with Crippen LogP contribution in [0, 0.1) is 0 Å². The second-order valence-electron chi connectivity index (χ2n) is 6.89. The van der Waals surface area contributed by atoms with E-state index in [1.165, 1.54) is 37.2 Å². The van der Waals surface area contributed by atoms with Gasteiger partial charge in [0.25, 0.3) is 0 Å². The standard InChI is InChI=1S/C22H22N2O5S/c1-23-21-20(30-22(23)26)15(13-8-6-5-7-9-13)12-18(25)24(21)14-10-16(27-2)19(29-4)17(11-14)28-3/h5-11,15H,12H2,1-4H3/t15-/m1/s1. The zero-order valence-electron chi connectivity index (χ0n) is 17.2. The number of rotatable bonds is 5. The van der Waals surface area contributed by atoms with E-state index in [0.29, 0.717) is 28.8 Å². The maximum Gasteiger partial charge on any atom is 0.308 e. The number of nitrogens with zero attached hydrogens (tertiary/aromatic N) is 2. The molecule has 0 radical (unpaired) electrons. The van der Waals surface area contributed by atoms with Gasteiger partial charge in [-0.25, -0.2) is 0 Å². The van der Waals surface area contributed by atoms with Crippen LogP contribution < -0.4 is 24.0 Å². The molecule has 156 valence electrons. The lowest BCUT2D eigenvalue weighted by Crippen LogP contribution is -2.34. The summed E-state index contributed by atoms with van der Waals surface area (Å²) in [6.07, 6.45) is 0.258. The van der Waals surface area contributed by atoms with Gasteiger partial charge in [-0.15, -0.1) is 0 Å². The molecule has 1 amide bonds. The molecule has 0 unspecified atom stereocenters. The molecule has 30 heavy (non-hydrogen) atoms. The molecule has 1 atom stereocenters. The van der Waals surface area contributed by atoms with E-state index in [1.807, 2.05) is 30.3 Å². The average Bonchev–Trinajstić information content (AvgIpc) is 3.07. The Bertz CT molecular complexity index is 1130. The van der Waals surface area contributed by atoms with Crippen molar-refractivity contribution in [1.29, 1.82) is 0 Å². The molecule has 2 heterocycles. The first-order chi connectivity index (χ1) is 14.5. The lowest BCUT2D eigenvalue weighted by atomic mass is 9.90. The summed E-state index contributed by atoms with van der Waals surface area (Å²) in [5.74, 6) is 1.61. The minimum Gasteiger partial charge on any atom is -0.493 e. The van der Waals surface area contributed by atoms with Gasteiger partial charge < -0.3 is 14.2 Å². The fraction of sp³-hybridized carbons (Fsp3) is 0.273. The van der Waals surface area contributed by atoms with Crippen LogP contribution in [-0.2, 0) is 11.8 Å². The van der Waals surface area contributed by atoms with Crippen LogP contribution in [0.15, 0.2) is 47.3 Å². The maximum absolute atomic E-state index is 13.4. The van der Waals surface area contributed by atoms with E-state index in [4.69, 9.17) is 14.2 Å². The number of carbonyl (C=O) groups is 1. The van der Waals surface area contributed by atoms with Crippen LogP contribution in [0.1, 0.15) is 22.8 Å². The smallest absolute Gasteiger partial charge is 0.308 e. The topological polar surface area (TPSA) is 70.0 Å². The number of fused-ring (bicyclic) bond motifs is 1. The van der Waals surface area contributed by atoms with Gasteiger partial charge in [-0.3, -0.25) is 19.1 Å². The number of thiazole rings is 1. The lowest BCUT2D eigenvalue weighted by molar-refractivity contribution is -0.118. The van der Waals surface area contributed by atoms with Crippen LogP contribution in [0.4, 0.5) is 11.5 Å². The minimum atomic E-state index is -0.161. The number of methoxy groups -OCH3 is 3. The van der Waals surface area contributed by atoms with E-state index in [9.17, 15) is 9.59 Å². The molecule has 0 saturated heterocycles. The molecule has 1 aliphatic heterocycles. The van der Waals surface area contributed by atoms with Crippen molar-refractivity contribution in [3.63, 3.8) is 0 Å². The molecular weight excluding hydrogens is 404 g/mol. The first kappa shape index (κ1) is 20.0. The Balaban J connectivity index is 1.92. The predicted molar refractivity (Wildman–Crippen MR) is 116 cm³/mol. The van der Waals surface area contributed by atoms with Crippen LogP contribution in [-0.4, -0.2) is 31.8 Å². The second kappa shape index (κ2) is 7.87. The van der Waals surface area contributed by atoms with Crippen LogP contribution >= 0.6 is 11.3 Å². The summed E-state index contributed by atoms with van der Waals surface area (Å²) in [4.78, 5) is 28.3. The fourth-order valence-electron chi connectivity index (χ4n) is 3.84. The molecule has 0 bridgehead atoms. The maximum atomic E-state index is 13.4. The number of benzene rings is 2. The zero-order valence-corrected chi connectivity index (χ0v) is 18.0. The number of carbonyl (C=O) groups excluding carboxylic acids is 1. The highest BCUT2D eigenvalue weighted by Gasteiger charge is 2.38. The first-order valence-electron chi connectivity index (χ1n) is 9.37. The summed E-state index contributed by atoms with van der Waals surface area (Å²) < 4.78 is 17.8. The Morgan fingerprint density at radius 2 is 1.60 bits per heavy atom. The number of ether oxygens (including phenoxy) is 3. The van der Waals surface area contributed by atoms with Gasteiger partial charge in [-0.2, -0.15) is 0 Å². The molecule has 1 aromatic heterocycles. The van der Waals surface area contributed by atoms with Crippen LogP contribution in [0.5, 0.6) is 17.2 Å². The first-order valence-corrected chi connectivity index (χ1v) is 10.2. The van der Waals surface area contributed by atoms with Gasteiger partial charge in [0.2, 0.25) is 11.7 Å². The highest BCUT2D eigenvalue weighted by molar-refractivity contribution is 7.10. The van der Waals surface area contributed by atoms with Crippen molar-refractivity contribution in [3.8, 4) is 17.2 Å². The molecule has 0 N–H and O–H groups in total. The van der Waals surface area contributed by atoms with Crippen molar-refractivity contribution in [2.75, 3.05) is 26.2 Å². The molecular formula is C22H22N2O5S. The van der Waals surface area contributed by atoms with Gasteiger partial charge in [0.15, 0.2) is 11.5 Å². The van der Waals surface area contributed by atoms with Crippen LogP contribution in [0.2, 0.25) is 0 Å². The third-order valence-corrected chi connectivity index (χ3v) is 6.41. The SMILES string of the molecule is COc1cc(N2C(=O)C[C@H](c3ccccc3)c3sc(=O)n(C)c32)cc(OC)c1OC. The van der Waals surface area contributed by atoms with E-state index in [0.717, 1.165) is 10.4 Å². The largest absolute Gasteiger partial charge is 0.493 e. The van der Waals surface area contributed by atoms with Crippen LogP contribution in [0.25, 0.3) is 0 Å². The molecule has 7 nitrogen and oxygen atoms in total. The summed E-state index contributed by atoms with van der Waals surface area (Å²) in [5.41, 5.74) is 1.56. The second-order valence-corrected chi connectivity index (χ2v) is 7.89. The summed E-state index contributed by atoms with van der Waals surface area (Å²) in [7, 11) is 6.26. The molecule has 0 saturated carbocycles. The number of hydrogen-bond donors (Lipinski definition) is 0. The van der Waals surface area contributed by atoms with Gasteiger partial charge in [-0.05, 0) is 5.56 Å². The van der Waals surface area contributed by atoms with Gasteiger partial charge >= 0.3 is 4.87 Å². The molecule has 0 spiro atoms. The number of anilines is 2. The molecule has 0 fully saturated rings. The van der Waals surface area contributed by atoms with Crippen molar-refractivity contribution >= 4 is 28.7 Å². The summed E-state index contributed by atoms with van der Waals surface area (Å²) in [6, 6.07) is 13.2.